The topological polar surface area (TPSA) is 32.3 Å². The van der Waals surface area contributed by atoms with Crippen LogP contribution < -0.4 is 5.32 Å². The van der Waals surface area contributed by atoms with E-state index in [1.807, 2.05) is 11.8 Å². The molecule has 1 N–H and O–H groups in total. The van der Waals surface area contributed by atoms with Gasteiger partial charge in [0, 0.05) is 11.8 Å². The molecule has 0 radical (unpaired) electrons. The van der Waals surface area contributed by atoms with Crippen LogP contribution >= 0.6 is 11.8 Å². The van der Waals surface area contributed by atoms with Gasteiger partial charge < -0.3 is 4.90 Å². The van der Waals surface area contributed by atoms with E-state index in [9.17, 15) is 4.79 Å². The Labute approximate surface area is 95.0 Å². The number of rotatable bonds is 2. The maximum atomic E-state index is 12.1. The van der Waals surface area contributed by atoms with Crippen molar-refractivity contribution >= 4 is 17.7 Å². The van der Waals surface area contributed by atoms with Gasteiger partial charge in [0.2, 0.25) is 5.91 Å². The van der Waals surface area contributed by atoms with Gasteiger partial charge >= 0.3 is 0 Å². The second kappa shape index (κ2) is 3.39. The summed E-state index contributed by atoms with van der Waals surface area (Å²) in [5, 5.41) is 4.13. The van der Waals surface area contributed by atoms with E-state index in [4.69, 9.17) is 0 Å². The Bertz CT molecular complexity index is 284. The molecule has 1 saturated carbocycles. The van der Waals surface area contributed by atoms with Crippen molar-refractivity contribution in [1.82, 2.24) is 10.2 Å². The normalized spacial score (nSPS) is 37.9. The van der Waals surface area contributed by atoms with E-state index in [0.29, 0.717) is 11.2 Å². The molecule has 3 rings (SSSR count). The van der Waals surface area contributed by atoms with E-state index in [1.165, 1.54) is 18.6 Å². The summed E-state index contributed by atoms with van der Waals surface area (Å²) in [5.41, 5.74) is -0.122. The monoisotopic (exact) mass is 226 g/mol. The average molecular weight is 226 g/mol. The fraction of sp³-hybridized carbons (Fsp3) is 0.909. The summed E-state index contributed by atoms with van der Waals surface area (Å²) in [7, 11) is 0. The lowest BCUT2D eigenvalue weighted by Gasteiger charge is -2.23. The Kier molecular flexibility index (Phi) is 2.25. The van der Waals surface area contributed by atoms with Crippen LogP contribution in [0.4, 0.5) is 0 Å². The molecule has 0 aromatic rings. The van der Waals surface area contributed by atoms with E-state index in [1.54, 1.807) is 0 Å². The number of carbonyl (C=O) groups is 1. The predicted molar refractivity (Wildman–Crippen MR) is 61.8 cm³/mol. The van der Waals surface area contributed by atoms with Crippen molar-refractivity contribution in [3.8, 4) is 0 Å². The Morgan fingerprint density at radius 2 is 2.40 bits per heavy atom. The molecule has 2 saturated heterocycles. The van der Waals surface area contributed by atoms with Gasteiger partial charge in [0.05, 0.1) is 11.7 Å². The Balaban J connectivity index is 1.67. The molecule has 4 heteroatoms. The fourth-order valence-corrected chi connectivity index (χ4v) is 3.99. The van der Waals surface area contributed by atoms with Crippen LogP contribution in [0.5, 0.6) is 0 Å². The number of hydrogen-bond donors (Lipinski definition) is 1. The molecule has 0 bridgehead atoms. The lowest BCUT2D eigenvalue weighted by atomic mass is 10.2. The third kappa shape index (κ3) is 1.58. The second-order valence-corrected chi connectivity index (χ2v) is 6.40. The summed E-state index contributed by atoms with van der Waals surface area (Å²) >= 11 is 2.03. The van der Waals surface area contributed by atoms with Crippen LogP contribution in [0.3, 0.4) is 0 Å². The maximum absolute atomic E-state index is 12.1. The van der Waals surface area contributed by atoms with E-state index >= 15 is 0 Å². The summed E-state index contributed by atoms with van der Waals surface area (Å²) in [4.78, 5) is 14.2. The molecule has 1 aliphatic carbocycles. The maximum Gasteiger partial charge on any atom is 0.244 e. The first-order valence-electron chi connectivity index (χ1n) is 5.92. The highest BCUT2D eigenvalue weighted by Crippen LogP contribution is 2.42. The first kappa shape index (κ1) is 9.97. The van der Waals surface area contributed by atoms with Crippen LogP contribution in [0.2, 0.25) is 0 Å². The first-order chi connectivity index (χ1) is 7.21. The summed E-state index contributed by atoms with van der Waals surface area (Å²) < 4.78 is 0. The summed E-state index contributed by atoms with van der Waals surface area (Å²) in [6.07, 6.45) is 4.95. The zero-order valence-electron chi connectivity index (χ0n) is 9.16. The Morgan fingerprint density at radius 1 is 1.60 bits per heavy atom. The van der Waals surface area contributed by atoms with Crippen LogP contribution in [0.1, 0.15) is 32.6 Å². The number of thioether (sulfide) groups is 1. The molecule has 0 aromatic carbocycles. The molecule has 15 heavy (non-hydrogen) atoms. The second-order valence-electron chi connectivity index (χ2n) is 4.99. The number of nitrogens with one attached hydrogen (secondary N) is 1. The molecule has 3 fully saturated rings. The van der Waals surface area contributed by atoms with E-state index in [2.05, 4.69) is 17.1 Å². The van der Waals surface area contributed by atoms with Gasteiger partial charge in [-0.1, -0.05) is 0 Å². The Hall–Kier alpha value is -0.220. The molecule has 2 atom stereocenters. The summed E-state index contributed by atoms with van der Waals surface area (Å²) in [5.74, 6) is 1.64. The molecule has 2 heterocycles. The fourth-order valence-electron chi connectivity index (χ4n) is 2.72. The number of amides is 1. The molecule has 3 aliphatic rings. The minimum atomic E-state index is -0.122. The van der Waals surface area contributed by atoms with Crippen LogP contribution in [-0.2, 0) is 4.79 Å². The zero-order valence-corrected chi connectivity index (χ0v) is 9.98. The van der Waals surface area contributed by atoms with Crippen LogP contribution in [-0.4, -0.2) is 40.1 Å². The van der Waals surface area contributed by atoms with Crippen molar-refractivity contribution in [1.29, 1.82) is 0 Å². The van der Waals surface area contributed by atoms with E-state index in [-0.39, 0.29) is 11.7 Å². The SMILES string of the molecule is CC1NC2(CC2)C(=O)N1CC1CCCS1. The minimum Gasteiger partial charge on any atom is -0.325 e. The van der Waals surface area contributed by atoms with Gasteiger partial charge in [-0.25, -0.2) is 0 Å². The highest BCUT2D eigenvalue weighted by molar-refractivity contribution is 8.00. The molecule has 0 aromatic heterocycles. The third-order valence-electron chi connectivity index (χ3n) is 3.80. The molecule has 2 unspecified atom stereocenters. The van der Waals surface area contributed by atoms with Crippen molar-refractivity contribution in [2.45, 2.75) is 49.6 Å². The number of nitrogens with zero attached hydrogens (tertiary/aromatic N) is 1. The molecule has 2 aliphatic heterocycles. The average Bonchev–Trinajstić information content (AvgIpc) is 2.73. The van der Waals surface area contributed by atoms with Crippen molar-refractivity contribution in [3.05, 3.63) is 0 Å². The molecular weight excluding hydrogens is 208 g/mol. The van der Waals surface area contributed by atoms with Crippen LogP contribution in [0.25, 0.3) is 0 Å². The van der Waals surface area contributed by atoms with Crippen molar-refractivity contribution in [2.75, 3.05) is 12.3 Å². The minimum absolute atomic E-state index is 0.122. The van der Waals surface area contributed by atoms with Crippen molar-refractivity contribution < 1.29 is 4.79 Å². The molecular formula is C11H18N2OS. The lowest BCUT2D eigenvalue weighted by molar-refractivity contribution is -0.130. The van der Waals surface area contributed by atoms with Gasteiger partial charge in [-0.15, -0.1) is 0 Å². The third-order valence-corrected chi connectivity index (χ3v) is 5.18. The molecule has 84 valence electrons. The highest BCUT2D eigenvalue weighted by atomic mass is 32.2. The quantitative estimate of drug-likeness (QED) is 0.767. The van der Waals surface area contributed by atoms with Gasteiger partial charge in [0.1, 0.15) is 0 Å². The Morgan fingerprint density at radius 3 is 2.93 bits per heavy atom. The molecule has 1 spiro atoms. The van der Waals surface area contributed by atoms with Crippen molar-refractivity contribution in [3.63, 3.8) is 0 Å². The van der Waals surface area contributed by atoms with E-state index < -0.39 is 0 Å². The van der Waals surface area contributed by atoms with Crippen LogP contribution in [0.15, 0.2) is 0 Å². The smallest absolute Gasteiger partial charge is 0.244 e. The first-order valence-corrected chi connectivity index (χ1v) is 6.96. The zero-order chi connectivity index (χ0) is 10.5. The predicted octanol–water partition coefficient (Wildman–Crippen LogP) is 1.19. The number of carbonyl (C=O) groups excluding carboxylic acids is 1. The van der Waals surface area contributed by atoms with Gasteiger partial charge in [0.25, 0.3) is 0 Å². The highest BCUT2D eigenvalue weighted by Gasteiger charge is 2.58. The van der Waals surface area contributed by atoms with Gasteiger partial charge in [-0.2, -0.15) is 11.8 Å². The van der Waals surface area contributed by atoms with Gasteiger partial charge in [0.15, 0.2) is 0 Å². The van der Waals surface area contributed by atoms with Gasteiger partial charge in [-0.05, 0) is 38.4 Å². The lowest BCUT2D eigenvalue weighted by Crippen LogP contribution is -2.38. The van der Waals surface area contributed by atoms with Crippen LogP contribution in [0, 0.1) is 0 Å². The largest absolute Gasteiger partial charge is 0.325 e. The van der Waals surface area contributed by atoms with E-state index in [0.717, 1.165) is 19.4 Å². The van der Waals surface area contributed by atoms with Gasteiger partial charge in [-0.3, -0.25) is 10.1 Å². The summed E-state index contributed by atoms with van der Waals surface area (Å²) in [6.45, 7) is 3.07. The summed E-state index contributed by atoms with van der Waals surface area (Å²) in [6, 6.07) is 0. The molecule has 3 nitrogen and oxygen atoms in total. The standard InChI is InChI=1S/C11H18N2OS/c1-8-12-11(4-5-11)10(14)13(8)7-9-3-2-6-15-9/h8-9,12H,2-7H2,1H3. The van der Waals surface area contributed by atoms with Crippen molar-refractivity contribution in [2.24, 2.45) is 0 Å². The molecule has 1 amide bonds. The number of hydrogen-bond acceptors (Lipinski definition) is 3.